The number of amides is 2. The minimum atomic E-state index is -0.994. The Bertz CT molecular complexity index is 294. The van der Waals surface area contributed by atoms with Crippen molar-refractivity contribution >= 4 is 12.0 Å². The number of hydrogen-bond acceptors (Lipinski definition) is 3. The standard InChI is InChI=1S/C13H26N2O4/c1-6-11(12(16)17)15(5)13(18)14-10(9(3)4)8-19-7-2/h9-11H,6-8H2,1-5H3,(H,14,18)(H,16,17). The molecule has 112 valence electrons. The van der Waals surface area contributed by atoms with Gasteiger partial charge in [-0.3, -0.25) is 0 Å². The Morgan fingerprint density at radius 2 is 1.89 bits per heavy atom. The summed E-state index contributed by atoms with van der Waals surface area (Å²) >= 11 is 0. The zero-order valence-electron chi connectivity index (χ0n) is 12.5. The zero-order chi connectivity index (χ0) is 15.0. The Morgan fingerprint density at radius 3 is 2.26 bits per heavy atom. The molecule has 6 nitrogen and oxygen atoms in total. The second-order valence-electron chi connectivity index (χ2n) is 4.83. The molecule has 0 spiro atoms. The molecule has 2 unspecified atom stereocenters. The molecule has 0 saturated carbocycles. The molecule has 0 aromatic heterocycles. The average molecular weight is 274 g/mol. The summed E-state index contributed by atoms with van der Waals surface area (Å²) in [5.74, 6) is -0.778. The SMILES string of the molecule is CCOCC(NC(=O)N(C)C(CC)C(=O)O)C(C)C. The van der Waals surface area contributed by atoms with Gasteiger partial charge in [0.2, 0.25) is 0 Å². The molecule has 19 heavy (non-hydrogen) atoms. The van der Waals surface area contributed by atoms with Gasteiger partial charge in [-0.15, -0.1) is 0 Å². The Labute approximate surface area is 115 Å². The monoisotopic (exact) mass is 274 g/mol. The smallest absolute Gasteiger partial charge is 0.326 e. The predicted molar refractivity (Wildman–Crippen MR) is 73.1 cm³/mol. The van der Waals surface area contributed by atoms with E-state index in [1.165, 1.54) is 11.9 Å². The highest BCUT2D eigenvalue weighted by Crippen LogP contribution is 2.06. The van der Waals surface area contributed by atoms with Crippen LogP contribution in [0.15, 0.2) is 0 Å². The third-order valence-corrected chi connectivity index (χ3v) is 3.07. The van der Waals surface area contributed by atoms with Crippen molar-refractivity contribution in [1.82, 2.24) is 10.2 Å². The quantitative estimate of drug-likeness (QED) is 0.704. The number of carbonyl (C=O) groups is 2. The lowest BCUT2D eigenvalue weighted by molar-refractivity contribution is -0.141. The number of likely N-dealkylation sites (N-methyl/N-ethyl adjacent to an activating group) is 1. The molecule has 0 bridgehead atoms. The Balaban J connectivity index is 4.57. The minimum Gasteiger partial charge on any atom is -0.480 e. The number of nitrogens with zero attached hydrogens (tertiary/aromatic N) is 1. The molecule has 0 fully saturated rings. The van der Waals surface area contributed by atoms with E-state index in [1.54, 1.807) is 6.92 Å². The molecule has 0 rings (SSSR count). The Kier molecular flexibility index (Phi) is 8.14. The molecule has 0 radical (unpaired) electrons. The number of aliphatic carboxylic acids is 1. The van der Waals surface area contributed by atoms with Crippen LogP contribution in [-0.2, 0) is 9.53 Å². The van der Waals surface area contributed by atoms with Crippen LogP contribution in [-0.4, -0.2) is 54.4 Å². The van der Waals surface area contributed by atoms with Gasteiger partial charge < -0.3 is 20.1 Å². The third-order valence-electron chi connectivity index (χ3n) is 3.07. The van der Waals surface area contributed by atoms with Crippen LogP contribution in [0.4, 0.5) is 4.79 Å². The number of nitrogens with one attached hydrogen (secondary N) is 1. The molecular formula is C13H26N2O4. The number of urea groups is 1. The zero-order valence-corrected chi connectivity index (χ0v) is 12.5. The van der Waals surface area contributed by atoms with Gasteiger partial charge in [-0.25, -0.2) is 9.59 Å². The summed E-state index contributed by atoms with van der Waals surface area (Å²) in [6.07, 6.45) is 0.372. The number of hydrogen-bond donors (Lipinski definition) is 2. The van der Waals surface area contributed by atoms with Crippen LogP contribution in [0.3, 0.4) is 0 Å². The van der Waals surface area contributed by atoms with E-state index in [-0.39, 0.29) is 18.0 Å². The molecule has 0 aliphatic heterocycles. The highest BCUT2D eigenvalue weighted by atomic mass is 16.5. The maximum absolute atomic E-state index is 12.0. The van der Waals surface area contributed by atoms with Gasteiger partial charge >= 0.3 is 12.0 Å². The summed E-state index contributed by atoms with van der Waals surface area (Å²) in [7, 11) is 1.50. The highest BCUT2D eigenvalue weighted by Gasteiger charge is 2.26. The number of carbonyl (C=O) groups excluding carboxylic acids is 1. The largest absolute Gasteiger partial charge is 0.480 e. The topological polar surface area (TPSA) is 78.9 Å². The van der Waals surface area contributed by atoms with E-state index in [1.807, 2.05) is 20.8 Å². The molecule has 2 atom stereocenters. The van der Waals surface area contributed by atoms with Crippen molar-refractivity contribution in [3.05, 3.63) is 0 Å². The summed E-state index contributed by atoms with van der Waals surface area (Å²) in [5.41, 5.74) is 0. The molecular weight excluding hydrogens is 248 g/mol. The molecule has 6 heteroatoms. The van der Waals surface area contributed by atoms with E-state index >= 15 is 0 Å². The first-order valence-corrected chi connectivity index (χ1v) is 6.68. The van der Waals surface area contributed by atoms with Crippen molar-refractivity contribution in [3.63, 3.8) is 0 Å². The summed E-state index contributed by atoms with van der Waals surface area (Å²) in [6.45, 7) is 8.61. The van der Waals surface area contributed by atoms with Crippen LogP contribution < -0.4 is 5.32 Å². The van der Waals surface area contributed by atoms with Gasteiger partial charge in [0.05, 0.1) is 12.6 Å². The molecule has 2 amide bonds. The van der Waals surface area contributed by atoms with Crippen LogP contribution in [0.5, 0.6) is 0 Å². The number of carboxylic acid groups (broad SMARTS) is 1. The van der Waals surface area contributed by atoms with E-state index in [0.717, 1.165) is 0 Å². The Morgan fingerprint density at radius 1 is 1.32 bits per heavy atom. The molecule has 0 heterocycles. The van der Waals surface area contributed by atoms with Gasteiger partial charge in [0.25, 0.3) is 0 Å². The fourth-order valence-corrected chi connectivity index (χ4v) is 1.66. The van der Waals surface area contributed by atoms with E-state index in [9.17, 15) is 9.59 Å². The second kappa shape index (κ2) is 8.74. The molecule has 0 aliphatic rings. The lowest BCUT2D eigenvalue weighted by atomic mass is 10.1. The van der Waals surface area contributed by atoms with Crippen molar-refractivity contribution < 1.29 is 19.4 Å². The number of carboxylic acids is 1. The molecule has 0 aliphatic carbocycles. The first-order valence-electron chi connectivity index (χ1n) is 6.68. The van der Waals surface area contributed by atoms with Crippen LogP contribution in [0.1, 0.15) is 34.1 Å². The highest BCUT2D eigenvalue weighted by molar-refractivity contribution is 5.82. The summed E-state index contributed by atoms with van der Waals surface area (Å²) in [6, 6.07) is -1.31. The maximum atomic E-state index is 12.0. The van der Waals surface area contributed by atoms with Gasteiger partial charge in [-0.1, -0.05) is 20.8 Å². The summed E-state index contributed by atoms with van der Waals surface area (Å²) < 4.78 is 5.32. The first kappa shape index (κ1) is 17.7. The van der Waals surface area contributed by atoms with Crippen molar-refractivity contribution in [2.75, 3.05) is 20.3 Å². The Hall–Kier alpha value is -1.30. The van der Waals surface area contributed by atoms with Crippen LogP contribution in [0, 0.1) is 5.92 Å². The van der Waals surface area contributed by atoms with E-state index < -0.39 is 12.0 Å². The van der Waals surface area contributed by atoms with Gasteiger partial charge in [0, 0.05) is 13.7 Å². The van der Waals surface area contributed by atoms with E-state index in [2.05, 4.69) is 5.32 Å². The van der Waals surface area contributed by atoms with Gasteiger partial charge in [0.1, 0.15) is 6.04 Å². The minimum absolute atomic E-state index is 0.124. The second-order valence-corrected chi connectivity index (χ2v) is 4.83. The van der Waals surface area contributed by atoms with Gasteiger partial charge in [0.15, 0.2) is 0 Å². The predicted octanol–water partition coefficient (Wildman–Crippen LogP) is 1.55. The van der Waals surface area contributed by atoms with Gasteiger partial charge in [-0.2, -0.15) is 0 Å². The van der Waals surface area contributed by atoms with Crippen molar-refractivity contribution in [2.24, 2.45) is 5.92 Å². The molecule has 0 saturated heterocycles. The maximum Gasteiger partial charge on any atom is 0.326 e. The normalized spacial score (nSPS) is 14.0. The van der Waals surface area contributed by atoms with Crippen molar-refractivity contribution in [3.8, 4) is 0 Å². The molecule has 2 N–H and O–H groups in total. The van der Waals surface area contributed by atoms with Crippen LogP contribution in [0.2, 0.25) is 0 Å². The van der Waals surface area contributed by atoms with Crippen molar-refractivity contribution in [1.29, 1.82) is 0 Å². The van der Waals surface area contributed by atoms with Gasteiger partial charge in [-0.05, 0) is 19.3 Å². The van der Waals surface area contributed by atoms with E-state index in [0.29, 0.717) is 19.6 Å². The summed E-state index contributed by atoms with van der Waals surface area (Å²) in [4.78, 5) is 24.3. The lowest BCUT2D eigenvalue weighted by Gasteiger charge is -2.28. The molecule has 0 aromatic carbocycles. The number of ether oxygens (including phenoxy) is 1. The molecule has 0 aromatic rings. The lowest BCUT2D eigenvalue weighted by Crippen LogP contribution is -2.52. The third kappa shape index (κ3) is 5.92. The first-order chi connectivity index (χ1) is 8.84. The number of rotatable bonds is 8. The summed E-state index contributed by atoms with van der Waals surface area (Å²) in [5, 5.41) is 11.9. The fourth-order valence-electron chi connectivity index (χ4n) is 1.66. The van der Waals surface area contributed by atoms with E-state index in [4.69, 9.17) is 9.84 Å². The fraction of sp³-hybridized carbons (Fsp3) is 0.846. The van der Waals surface area contributed by atoms with Crippen molar-refractivity contribution in [2.45, 2.75) is 46.2 Å². The average Bonchev–Trinajstić information content (AvgIpc) is 2.33. The van der Waals surface area contributed by atoms with Crippen LogP contribution >= 0.6 is 0 Å². The van der Waals surface area contributed by atoms with Crippen LogP contribution in [0.25, 0.3) is 0 Å².